The van der Waals surface area contributed by atoms with Gasteiger partial charge in [-0.15, -0.1) is 0 Å². The topological polar surface area (TPSA) is 144 Å². The molecule has 15 aromatic rings. The van der Waals surface area contributed by atoms with Gasteiger partial charge in [-0.3, -0.25) is 0 Å². The first-order valence-corrected chi connectivity index (χ1v) is 28.7. The molecule has 0 amide bonds. The molecule has 0 fully saturated rings. The smallest absolute Gasteiger partial charge is 0.166 e. The maximum atomic E-state index is 10.3. The van der Waals surface area contributed by atoms with Crippen molar-refractivity contribution in [2.24, 2.45) is 0 Å². The molecule has 0 bridgehead atoms. The molecule has 0 unspecified atom stereocenters. The number of rotatable bonds is 10. The second kappa shape index (κ2) is 21.8. The van der Waals surface area contributed by atoms with Crippen molar-refractivity contribution in [1.82, 2.24) is 24.1 Å². The molecule has 3 aromatic heterocycles. The Labute approximate surface area is 506 Å². The van der Waals surface area contributed by atoms with Gasteiger partial charge in [0.25, 0.3) is 0 Å². The highest BCUT2D eigenvalue weighted by Crippen LogP contribution is 2.45. The summed E-state index contributed by atoms with van der Waals surface area (Å²) in [5.41, 5.74) is 19.0. The van der Waals surface area contributed by atoms with Crippen LogP contribution in [0.5, 0.6) is 0 Å². The Kier molecular flexibility index (Phi) is 12.9. The lowest BCUT2D eigenvalue weighted by Gasteiger charge is -2.18. The molecule has 0 radical (unpaired) electrons. The first-order valence-electron chi connectivity index (χ1n) is 28.7. The second-order valence-electron chi connectivity index (χ2n) is 21.5. The lowest BCUT2D eigenvalue weighted by atomic mass is 9.96. The number of nitriles is 4. The van der Waals surface area contributed by atoms with E-state index in [0.717, 1.165) is 127 Å². The lowest BCUT2D eigenvalue weighted by molar-refractivity contribution is 1.06. The van der Waals surface area contributed by atoms with Crippen molar-refractivity contribution in [2.75, 3.05) is 0 Å². The molecular weight excluding hydrogens is 1070 g/mol. The third-order valence-corrected chi connectivity index (χ3v) is 16.6. The van der Waals surface area contributed by atoms with Crippen LogP contribution in [0, 0.1) is 45.3 Å². The van der Waals surface area contributed by atoms with Gasteiger partial charge in [-0.25, -0.2) is 15.0 Å². The van der Waals surface area contributed by atoms with Crippen LogP contribution in [0.4, 0.5) is 0 Å². The Bertz CT molecular complexity index is 5230. The highest BCUT2D eigenvalue weighted by atomic mass is 15.1. The summed E-state index contributed by atoms with van der Waals surface area (Å²) in [5.74, 6) is 1.50. The molecule has 0 atom stereocenters. The minimum absolute atomic E-state index is 0.461. The van der Waals surface area contributed by atoms with E-state index < -0.39 is 0 Å². The Hall–Kier alpha value is -12.8. The van der Waals surface area contributed by atoms with E-state index >= 15 is 0 Å². The van der Waals surface area contributed by atoms with E-state index in [-0.39, 0.29) is 0 Å². The number of para-hydroxylation sites is 1. The number of hydrogen-bond donors (Lipinski definition) is 0. The summed E-state index contributed by atoms with van der Waals surface area (Å²) in [6.07, 6.45) is 0. The summed E-state index contributed by atoms with van der Waals surface area (Å²) in [6, 6.07) is 101. The Morgan fingerprint density at radius 2 is 0.511 bits per heavy atom. The van der Waals surface area contributed by atoms with Gasteiger partial charge in [0.05, 0.1) is 80.0 Å². The third kappa shape index (κ3) is 8.89. The van der Waals surface area contributed by atoms with Crippen molar-refractivity contribution < 1.29 is 0 Å². The maximum Gasteiger partial charge on any atom is 0.166 e. The minimum Gasteiger partial charge on any atom is -0.309 e. The van der Waals surface area contributed by atoms with Gasteiger partial charge in [0.2, 0.25) is 0 Å². The zero-order chi connectivity index (χ0) is 59.2. The van der Waals surface area contributed by atoms with Crippen molar-refractivity contribution in [1.29, 1.82) is 21.0 Å². The molecule has 9 nitrogen and oxygen atoms in total. The number of nitrogens with zero attached hydrogens (tertiary/aromatic N) is 9. The van der Waals surface area contributed by atoms with Gasteiger partial charge in [0, 0.05) is 43.8 Å². The van der Waals surface area contributed by atoms with E-state index in [0.29, 0.717) is 39.7 Å². The van der Waals surface area contributed by atoms with Crippen LogP contribution >= 0.6 is 0 Å². The van der Waals surface area contributed by atoms with Crippen LogP contribution in [0.1, 0.15) is 22.3 Å². The van der Waals surface area contributed by atoms with Crippen molar-refractivity contribution in [3.05, 3.63) is 295 Å². The molecule has 406 valence electrons. The summed E-state index contributed by atoms with van der Waals surface area (Å²) in [4.78, 5) is 16.0. The summed E-state index contributed by atoms with van der Waals surface area (Å²) in [5, 5.41) is 45.1. The SMILES string of the molecule is N#Cc1ccccc1-c1ccc2c(c1)c1cc(-c3ccccc3C#N)ccc1n2-c1ccccc1-c1ccc(-n2c3ccc(-c4ccccc4C#N)cc3c3cc(-c4ccccc4C#N)ccc32)c(-c2nc(-c3ccccc3)nc(-c3ccccc3)n2)c1. The predicted molar refractivity (Wildman–Crippen MR) is 351 cm³/mol. The van der Waals surface area contributed by atoms with E-state index in [2.05, 4.69) is 149 Å². The van der Waals surface area contributed by atoms with Crippen molar-refractivity contribution in [3.8, 4) is 125 Å². The van der Waals surface area contributed by atoms with Gasteiger partial charge in [-0.2, -0.15) is 21.0 Å². The third-order valence-electron chi connectivity index (χ3n) is 16.6. The molecule has 0 aliphatic carbocycles. The van der Waals surface area contributed by atoms with E-state index in [1.807, 2.05) is 158 Å². The first-order chi connectivity index (χ1) is 43.5. The monoisotopic (exact) mass is 1120 g/mol. The van der Waals surface area contributed by atoms with E-state index in [4.69, 9.17) is 15.0 Å². The van der Waals surface area contributed by atoms with Gasteiger partial charge in [0.15, 0.2) is 17.5 Å². The number of aromatic nitrogens is 5. The molecule has 12 aromatic carbocycles. The summed E-state index contributed by atoms with van der Waals surface area (Å²) in [7, 11) is 0. The number of hydrogen-bond acceptors (Lipinski definition) is 7. The Morgan fingerprint density at radius 3 is 0.875 bits per heavy atom. The van der Waals surface area contributed by atoms with Crippen LogP contribution < -0.4 is 0 Å². The summed E-state index contributed by atoms with van der Waals surface area (Å²) >= 11 is 0. The van der Waals surface area contributed by atoms with E-state index in [1.54, 1.807) is 0 Å². The Balaban J connectivity index is 1.01. The average Bonchev–Trinajstić information content (AvgIpc) is 2.46. The fourth-order valence-corrected chi connectivity index (χ4v) is 12.5. The van der Waals surface area contributed by atoms with Crippen molar-refractivity contribution in [3.63, 3.8) is 0 Å². The van der Waals surface area contributed by atoms with Crippen LogP contribution in [0.15, 0.2) is 273 Å². The fourth-order valence-electron chi connectivity index (χ4n) is 12.5. The van der Waals surface area contributed by atoms with Crippen LogP contribution in [0.2, 0.25) is 0 Å². The first kappa shape index (κ1) is 52.0. The van der Waals surface area contributed by atoms with Gasteiger partial charge in [-0.1, -0.05) is 182 Å². The van der Waals surface area contributed by atoms with Crippen molar-refractivity contribution >= 4 is 43.6 Å². The predicted octanol–water partition coefficient (Wildman–Crippen LogP) is 18.9. The van der Waals surface area contributed by atoms with Crippen LogP contribution in [0.25, 0.3) is 145 Å². The molecular formula is C79H45N9. The van der Waals surface area contributed by atoms with Crippen LogP contribution in [-0.4, -0.2) is 24.1 Å². The van der Waals surface area contributed by atoms with Gasteiger partial charge >= 0.3 is 0 Å². The normalized spacial score (nSPS) is 11.1. The average molecular weight is 1120 g/mol. The molecule has 0 saturated heterocycles. The quantitative estimate of drug-likeness (QED) is 0.133. The fraction of sp³-hybridized carbons (Fsp3) is 0. The molecule has 0 saturated carbocycles. The summed E-state index contributed by atoms with van der Waals surface area (Å²) in [6.45, 7) is 0. The number of fused-ring (bicyclic) bond motifs is 6. The molecule has 0 N–H and O–H groups in total. The molecule has 15 rings (SSSR count). The highest BCUT2D eigenvalue weighted by Gasteiger charge is 2.24. The van der Waals surface area contributed by atoms with Gasteiger partial charge in [-0.05, 0) is 141 Å². The van der Waals surface area contributed by atoms with Crippen LogP contribution in [-0.2, 0) is 0 Å². The molecule has 9 heteroatoms. The van der Waals surface area contributed by atoms with Crippen LogP contribution in [0.3, 0.4) is 0 Å². The lowest BCUT2D eigenvalue weighted by Crippen LogP contribution is -2.04. The Morgan fingerprint density at radius 1 is 0.227 bits per heavy atom. The zero-order valence-corrected chi connectivity index (χ0v) is 47.0. The molecule has 0 aliphatic heterocycles. The van der Waals surface area contributed by atoms with E-state index in [1.165, 1.54) is 0 Å². The second-order valence-corrected chi connectivity index (χ2v) is 21.5. The zero-order valence-electron chi connectivity index (χ0n) is 47.0. The molecule has 88 heavy (non-hydrogen) atoms. The minimum atomic E-state index is 0.461. The number of benzene rings is 12. The standard InChI is InChI=1S/C79H45N9/c80-46-57-21-7-11-25-61(57)52-31-36-72-66(41-52)67-42-53(62-26-12-8-22-58(62)47-81)32-37-73(67)87(72)71-30-16-15-29-65(71)56-35-40-76(70(45-56)79-85-77(50-17-3-1-4-18-50)84-78(86-79)51-19-5-2-6-20-51)88-74-38-33-54(63-27-13-9-23-59(63)48-82)43-68(74)69-44-55(34-39-75(69)88)64-28-14-10-24-60(64)49-83/h1-45H. The molecule has 0 aliphatic rings. The van der Waals surface area contributed by atoms with Gasteiger partial charge in [0.1, 0.15) is 0 Å². The largest absolute Gasteiger partial charge is 0.309 e. The molecule has 3 heterocycles. The summed E-state index contributed by atoms with van der Waals surface area (Å²) < 4.78 is 4.59. The van der Waals surface area contributed by atoms with Gasteiger partial charge < -0.3 is 9.13 Å². The molecule has 0 spiro atoms. The van der Waals surface area contributed by atoms with E-state index in [9.17, 15) is 21.0 Å². The van der Waals surface area contributed by atoms with Crippen molar-refractivity contribution in [2.45, 2.75) is 0 Å². The maximum absolute atomic E-state index is 10.3. The highest BCUT2D eigenvalue weighted by molar-refractivity contribution is 6.14.